The molecule has 2 atom stereocenters. The van der Waals surface area contributed by atoms with Gasteiger partial charge in [-0.2, -0.15) is 0 Å². The van der Waals surface area contributed by atoms with E-state index in [1.807, 2.05) is 26.0 Å². The minimum absolute atomic E-state index is 0.0763. The van der Waals surface area contributed by atoms with E-state index in [4.69, 9.17) is 0 Å². The Morgan fingerprint density at radius 2 is 1.33 bits per heavy atom. The Hall–Kier alpha value is -2.00. The maximum atomic E-state index is 11.2. The summed E-state index contributed by atoms with van der Waals surface area (Å²) in [5.41, 5.74) is 0.787. The molecule has 0 saturated heterocycles. The van der Waals surface area contributed by atoms with Crippen molar-refractivity contribution in [3.05, 3.63) is 59.7 Å². The van der Waals surface area contributed by atoms with Crippen molar-refractivity contribution in [1.29, 1.82) is 0 Å². The van der Waals surface area contributed by atoms with Crippen LogP contribution in [0.15, 0.2) is 48.5 Å². The van der Waals surface area contributed by atoms with Crippen molar-refractivity contribution in [2.75, 3.05) is 0 Å². The van der Waals surface area contributed by atoms with Crippen LogP contribution in [0.5, 0.6) is 11.5 Å². The van der Waals surface area contributed by atoms with Crippen molar-refractivity contribution in [2.24, 2.45) is 0 Å². The average molecular weight is 286 g/mol. The number of rotatable bonds is 5. The van der Waals surface area contributed by atoms with Gasteiger partial charge in [-0.15, -0.1) is 0 Å². The zero-order valence-corrected chi connectivity index (χ0v) is 12.5. The van der Waals surface area contributed by atoms with Gasteiger partial charge in [0.05, 0.1) is 5.60 Å². The zero-order valence-electron chi connectivity index (χ0n) is 12.5. The maximum absolute atomic E-state index is 11.2. The third-order valence-electron chi connectivity index (χ3n) is 4.19. The van der Waals surface area contributed by atoms with E-state index in [1.165, 1.54) is 0 Å². The second-order valence-corrected chi connectivity index (χ2v) is 5.38. The highest BCUT2D eigenvalue weighted by molar-refractivity contribution is 5.36. The number of aromatic hydroxyl groups is 2. The van der Waals surface area contributed by atoms with Crippen molar-refractivity contribution in [3.8, 4) is 11.5 Å². The second kappa shape index (κ2) is 6.19. The van der Waals surface area contributed by atoms with E-state index >= 15 is 0 Å². The summed E-state index contributed by atoms with van der Waals surface area (Å²) in [6.45, 7) is 3.99. The van der Waals surface area contributed by atoms with Crippen LogP contribution in [0.25, 0.3) is 0 Å². The summed E-state index contributed by atoms with van der Waals surface area (Å²) < 4.78 is 0. The van der Waals surface area contributed by atoms with Crippen molar-refractivity contribution in [1.82, 2.24) is 0 Å². The molecular formula is C18H22O3. The third kappa shape index (κ3) is 3.03. The lowest BCUT2D eigenvalue weighted by Crippen LogP contribution is -2.32. The van der Waals surface area contributed by atoms with Crippen molar-refractivity contribution in [2.45, 2.75) is 38.2 Å². The molecule has 0 aromatic heterocycles. The van der Waals surface area contributed by atoms with Gasteiger partial charge in [0.25, 0.3) is 0 Å². The van der Waals surface area contributed by atoms with Gasteiger partial charge >= 0.3 is 0 Å². The first kappa shape index (κ1) is 15.4. The number of hydrogen-bond donors (Lipinski definition) is 3. The summed E-state index contributed by atoms with van der Waals surface area (Å²) in [5.74, 6) is 0.334. The first-order valence-corrected chi connectivity index (χ1v) is 7.32. The molecule has 0 aliphatic heterocycles. The van der Waals surface area contributed by atoms with E-state index in [9.17, 15) is 15.3 Å². The fourth-order valence-corrected chi connectivity index (χ4v) is 2.96. The van der Waals surface area contributed by atoms with E-state index in [1.54, 1.807) is 36.4 Å². The van der Waals surface area contributed by atoms with Gasteiger partial charge in [-0.3, -0.25) is 0 Å². The standard InChI is InChI=1S/C18H22O3/c1-3-17(13-5-9-15(19)10-6-13)18(21,4-2)14-7-11-16(20)12-8-14/h5-12,17,19-21H,3-4H2,1-2H3/t17-,18-/m0/s1. The molecule has 0 radical (unpaired) electrons. The van der Waals surface area contributed by atoms with Gasteiger partial charge in [0.15, 0.2) is 0 Å². The molecule has 112 valence electrons. The largest absolute Gasteiger partial charge is 0.508 e. The van der Waals surface area contributed by atoms with Crippen LogP contribution in [0.1, 0.15) is 43.7 Å². The molecule has 2 rings (SSSR count). The Balaban J connectivity index is 2.45. The predicted octanol–water partition coefficient (Wildman–Crippen LogP) is 3.89. The predicted molar refractivity (Wildman–Crippen MR) is 83.4 cm³/mol. The highest BCUT2D eigenvalue weighted by atomic mass is 16.3. The smallest absolute Gasteiger partial charge is 0.115 e. The minimum atomic E-state index is -1.00. The third-order valence-corrected chi connectivity index (χ3v) is 4.19. The zero-order chi connectivity index (χ0) is 15.5. The van der Waals surface area contributed by atoms with Crippen molar-refractivity contribution >= 4 is 0 Å². The summed E-state index contributed by atoms with van der Waals surface area (Å²) >= 11 is 0. The molecule has 3 heteroatoms. The summed E-state index contributed by atoms with van der Waals surface area (Å²) in [6.07, 6.45) is 1.34. The number of aliphatic hydroxyl groups is 1. The first-order chi connectivity index (χ1) is 10.0. The molecule has 2 aromatic carbocycles. The summed E-state index contributed by atoms with van der Waals surface area (Å²) in [7, 11) is 0. The van der Waals surface area contributed by atoms with Crippen LogP contribution in [-0.4, -0.2) is 15.3 Å². The number of benzene rings is 2. The Morgan fingerprint density at radius 1 is 0.857 bits per heavy atom. The van der Waals surface area contributed by atoms with Crippen LogP contribution in [0, 0.1) is 0 Å². The molecule has 0 fully saturated rings. The van der Waals surface area contributed by atoms with Crippen LogP contribution in [-0.2, 0) is 5.60 Å². The van der Waals surface area contributed by atoms with Gasteiger partial charge in [-0.05, 0) is 48.2 Å². The number of phenols is 2. The van der Waals surface area contributed by atoms with Crippen LogP contribution >= 0.6 is 0 Å². The lowest BCUT2D eigenvalue weighted by molar-refractivity contribution is 0.00143. The van der Waals surface area contributed by atoms with Crippen molar-refractivity contribution in [3.63, 3.8) is 0 Å². The monoisotopic (exact) mass is 286 g/mol. The molecule has 2 aromatic rings. The van der Waals surface area contributed by atoms with E-state index in [-0.39, 0.29) is 17.4 Å². The van der Waals surface area contributed by atoms with Crippen LogP contribution < -0.4 is 0 Å². The Bertz CT molecular complexity index is 574. The topological polar surface area (TPSA) is 60.7 Å². The SMILES string of the molecule is CC[C@@H](c1ccc(O)cc1)[C@](O)(CC)c1ccc(O)cc1. The highest BCUT2D eigenvalue weighted by Crippen LogP contribution is 2.42. The Kier molecular flexibility index (Phi) is 4.53. The van der Waals surface area contributed by atoms with E-state index in [2.05, 4.69) is 0 Å². The van der Waals surface area contributed by atoms with Gasteiger partial charge in [-0.25, -0.2) is 0 Å². The molecule has 0 saturated carbocycles. The van der Waals surface area contributed by atoms with Gasteiger partial charge < -0.3 is 15.3 Å². The molecule has 0 aliphatic rings. The Morgan fingerprint density at radius 3 is 1.76 bits per heavy atom. The maximum Gasteiger partial charge on any atom is 0.115 e. The summed E-state index contributed by atoms with van der Waals surface area (Å²) in [4.78, 5) is 0. The lowest BCUT2D eigenvalue weighted by Gasteiger charge is -2.36. The molecule has 3 N–H and O–H groups in total. The van der Waals surface area contributed by atoms with Crippen LogP contribution in [0.2, 0.25) is 0 Å². The van der Waals surface area contributed by atoms with Gasteiger partial charge in [-0.1, -0.05) is 38.1 Å². The van der Waals surface area contributed by atoms with Crippen LogP contribution in [0.4, 0.5) is 0 Å². The molecule has 21 heavy (non-hydrogen) atoms. The number of phenolic OH excluding ortho intramolecular Hbond substituents is 2. The molecular weight excluding hydrogens is 264 g/mol. The first-order valence-electron chi connectivity index (χ1n) is 7.32. The normalized spacial score (nSPS) is 15.4. The van der Waals surface area contributed by atoms with E-state index in [0.29, 0.717) is 6.42 Å². The Labute approximate surface area is 125 Å². The molecule has 0 spiro atoms. The van der Waals surface area contributed by atoms with E-state index in [0.717, 1.165) is 17.5 Å². The summed E-state index contributed by atoms with van der Waals surface area (Å²) in [5, 5.41) is 30.1. The fraction of sp³-hybridized carbons (Fsp3) is 0.333. The molecule has 0 amide bonds. The molecule has 0 bridgehead atoms. The summed E-state index contributed by atoms with van der Waals surface area (Å²) in [6, 6.07) is 13.7. The molecule has 0 unspecified atom stereocenters. The molecule has 0 aliphatic carbocycles. The van der Waals surface area contributed by atoms with Crippen molar-refractivity contribution < 1.29 is 15.3 Å². The number of hydrogen-bond acceptors (Lipinski definition) is 3. The highest BCUT2D eigenvalue weighted by Gasteiger charge is 2.36. The molecule has 0 heterocycles. The van der Waals surface area contributed by atoms with E-state index < -0.39 is 5.60 Å². The van der Waals surface area contributed by atoms with Gasteiger partial charge in [0, 0.05) is 5.92 Å². The van der Waals surface area contributed by atoms with Gasteiger partial charge in [0.1, 0.15) is 11.5 Å². The average Bonchev–Trinajstić information content (AvgIpc) is 2.50. The fourth-order valence-electron chi connectivity index (χ4n) is 2.96. The minimum Gasteiger partial charge on any atom is -0.508 e. The van der Waals surface area contributed by atoms with Gasteiger partial charge in [0.2, 0.25) is 0 Å². The molecule has 3 nitrogen and oxygen atoms in total. The quantitative estimate of drug-likeness (QED) is 0.781. The second-order valence-electron chi connectivity index (χ2n) is 5.38. The van der Waals surface area contributed by atoms with Crippen LogP contribution in [0.3, 0.4) is 0 Å². The lowest BCUT2D eigenvalue weighted by atomic mass is 9.74.